The van der Waals surface area contributed by atoms with E-state index in [4.69, 9.17) is 9.72 Å². The van der Waals surface area contributed by atoms with Crippen molar-refractivity contribution in [2.45, 2.75) is 33.0 Å². The molecule has 0 aliphatic carbocycles. The largest absolute Gasteiger partial charge is 0.494 e. The summed E-state index contributed by atoms with van der Waals surface area (Å²) in [6, 6.07) is 13.0. The van der Waals surface area contributed by atoms with Crippen LogP contribution < -0.4 is 4.74 Å². The Balaban J connectivity index is 1.46. The van der Waals surface area contributed by atoms with Crippen LogP contribution in [0.15, 0.2) is 48.0 Å². The lowest BCUT2D eigenvalue weighted by atomic mass is 10.1. The summed E-state index contributed by atoms with van der Waals surface area (Å²) < 4.78 is 7.87. The number of hydrogen-bond acceptors (Lipinski definition) is 4. The lowest BCUT2D eigenvalue weighted by Gasteiger charge is -2.34. The Kier molecular flexibility index (Phi) is 4.59. The predicted molar refractivity (Wildman–Crippen MR) is 102 cm³/mol. The van der Waals surface area contributed by atoms with E-state index >= 15 is 0 Å². The van der Waals surface area contributed by atoms with Gasteiger partial charge in [0.25, 0.3) is 0 Å². The Morgan fingerprint density at radius 2 is 2.04 bits per heavy atom. The van der Waals surface area contributed by atoms with Crippen molar-refractivity contribution in [1.82, 2.24) is 14.5 Å². The van der Waals surface area contributed by atoms with Gasteiger partial charge in [-0.3, -0.25) is 4.90 Å². The lowest BCUT2D eigenvalue weighted by molar-refractivity contribution is 0.159. The Hall–Kier alpha value is -2.11. The van der Waals surface area contributed by atoms with Crippen LogP contribution in [0.4, 0.5) is 0 Å². The molecule has 0 amide bonds. The number of aromatic nitrogens is 2. The number of hydrogen-bond donors (Lipinski definition) is 0. The van der Waals surface area contributed by atoms with Crippen LogP contribution in [0.5, 0.6) is 5.75 Å². The average Bonchev–Trinajstić information content (AvgIpc) is 3.28. The molecule has 0 saturated carbocycles. The normalized spacial score (nSPS) is 17.4. The first-order valence-corrected chi connectivity index (χ1v) is 9.69. The molecule has 4 nitrogen and oxygen atoms in total. The fraction of sp³-hybridized carbons (Fsp3) is 0.350. The first-order chi connectivity index (χ1) is 12.2. The highest BCUT2D eigenvalue weighted by molar-refractivity contribution is 7.13. The molecule has 25 heavy (non-hydrogen) atoms. The fourth-order valence-corrected chi connectivity index (χ4v) is 4.24. The molecular weight excluding hydrogens is 330 g/mol. The Morgan fingerprint density at radius 1 is 1.20 bits per heavy atom. The molecule has 1 aliphatic rings. The Labute approximate surface area is 152 Å². The van der Waals surface area contributed by atoms with Gasteiger partial charge in [0.05, 0.1) is 12.3 Å². The van der Waals surface area contributed by atoms with Gasteiger partial charge in [0, 0.05) is 48.5 Å². The minimum atomic E-state index is 0.430. The molecule has 1 aliphatic heterocycles. The summed E-state index contributed by atoms with van der Waals surface area (Å²) in [6.07, 6.45) is 2.18. The van der Waals surface area contributed by atoms with Gasteiger partial charge < -0.3 is 9.30 Å². The molecule has 4 rings (SSSR count). The summed E-state index contributed by atoms with van der Waals surface area (Å²) in [4.78, 5) is 7.36. The molecule has 0 saturated heterocycles. The van der Waals surface area contributed by atoms with E-state index in [0.29, 0.717) is 12.6 Å². The highest BCUT2D eigenvalue weighted by atomic mass is 32.1. The van der Waals surface area contributed by atoms with Crippen LogP contribution in [0.1, 0.15) is 31.3 Å². The molecular formula is C20H23N3OS. The van der Waals surface area contributed by atoms with Crippen LogP contribution in [0.2, 0.25) is 0 Å². The third-order valence-corrected chi connectivity index (χ3v) is 5.74. The first-order valence-electron chi connectivity index (χ1n) is 8.81. The van der Waals surface area contributed by atoms with E-state index in [1.165, 1.54) is 5.69 Å². The molecule has 0 unspecified atom stereocenters. The zero-order chi connectivity index (χ0) is 17.2. The average molecular weight is 353 g/mol. The van der Waals surface area contributed by atoms with E-state index in [0.717, 1.165) is 41.6 Å². The molecule has 0 fully saturated rings. The van der Waals surface area contributed by atoms with Crippen LogP contribution in [0.25, 0.3) is 10.6 Å². The van der Waals surface area contributed by atoms with E-state index in [9.17, 15) is 0 Å². The summed E-state index contributed by atoms with van der Waals surface area (Å²) in [7, 11) is 0. The summed E-state index contributed by atoms with van der Waals surface area (Å²) in [6.45, 7) is 8.00. The van der Waals surface area contributed by atoms with E-state index in [-0.39, 0.29) is 0 Å². The quantitative estimate of drug-likeness (QED) is 0.672. The summed E-state index contributed by atoms with van der Waals surface area (Å²) >= 11 is 1.72. The van der Waals surface area contributed by atoms with Crippen molar-refractivity contribution in [2.75, 3.05) is 13.2 Å². The predicted octanol–water partition coefficient (Wildman–Crippen LogP) is 4.59. The molecule has 1 aromatic carbocycles. The molecule has 0 bridgehead atoms. The van der Waals surface area contributed by atoms with Crippen molar-refractivity contribution in [3.63, 3.8) is 0 Å². The number of nitrogens with zero attached hydrogens (tertiary/aromatic N) is 3. The number of rotatable bonds is 5. The maximum atomic E-state index is 5.51. The highest BCUT2D eigenvalue weighted by Crippen LogP contribution is 2.29. The summed E-state index contributed by atoms with van der Waals surface area (Å²) in [5.74, 6) is 0.910. The first kappa shape index (κ1) is 16.4. The zero-order valence-corrected chi connectivity index (χ0v) is 15.5. The molecule has 2 aromatic heterocycles. The monoisotopic (exact) mass is 353 g/mol. The van der Waals surface area contributed by atoms with Crippen LogP contribution in [0.3, 0.4) is 0 Å². The van der Waals surface area contributed by atoms with Gasteiger partial charge in [-0.2, -0.15) is 0 Å². The smallest absolute Gasteiger partial charge is 0.123 e. The summed E-state index contributed by atoms with van der Waals surface area (Å²) in [5.41, 5.74) is 3.70. The van der Waals surface area contributed by atoms with Crippen molar-refractivity contribution in [3.05, 3.63) is 59.4 Å². The molecule has 130 valence electrons. The third kappa shape index (κ3) is 3.34. The SMILES string of the molecule is CCOc1ccc(-c2nc(CN3CCn4cccc4[C@H]3C)cs2)cc1. The van der Waals surface area contributed by atoms with E-state index in [1.54, 1.807) is 11.3 Å². The Morgan fingerprint density at radius 3 is 2.84 bits per heavy atom. The number of benzene rings is 1. The van der Waals surface area contributed by atoms with Gasteiger partial charge in [0.2, 0.25) is 0 Å². The van der Waals surface area contributed by atoms with Gasteiger partial charge in [-0.1, -0.05) is 0 Å². The van der Waals surface area contributed by atoms with E-state index in [1.807, 2.05) is 19.1 Å². The van der Waals surface area contributed by atoms with Crippen LogP contribution in [0, 0.1) is 0 Å². The van der Waals surface area contributed by atoms with Crippen LogP contribution >= 0.6 is 11.3 Å². The second-order valence-corrected chi connectivity index (χ2v) is 7.23. The van der Waals surface area contributed by atoms with Crippen LogP contribution in [-0.4, -0.2) is 27.6 Å². The highest BCUT2D eigenvalue weighted by Gasteiger charge is 2.24. The van der Waals surface area contributed by atoms with Gasteiger partial charge >= 0.3 is 0 Å². The van der Waals surface area contributed by atoms with Gasteiger partial charge in [-0.05, 0) is 50.2 Å². The molecule has 0 radical (unpaired) electrons. The number of ether oxygens (including phenoxy) is 1. The lowest BCUT2D eigenvalue weighted by Crippen LogP contribution is -2.35. The Bertz CT molecular complexity index is 837. The van der Waals surface area contributed by atoms with E-state index < -0.39 is 0 Å². The molecule has 1 atom stereocenters. The molecule has 0 spiro atoms. The number of thiazole rings is 1. The maximum absolute atomic E-state index is 5.51. The van der Waals surface area contributed by atoms with Gasteiger partial charge in [0.1, 0.15) is 10.8 Å². The zero-order valence-electron chi connectivity index (χ0n) is 14.7. The second-order valence-electron chi connectivity index (χ2n) is 6.37. The maximum Gasteiger partial charge on any atom is 0.123 e. The standard InChI is InChI=1S/C20H23N3OS/c1-3-24-18-8-6-16(7-9-18)20-21-17(14-25-20)13-23-12-11-22-10-4-5-19(22)15(23)2/h4-10,14-15H,3,11-13H2,1-2H3/t15-/m1/s1. The summed E-state index contributed by atoms with van der Waals surface area (Å²) in [5, 5.41) is 3.26. The fourth-order valence-electron chi connectivity index (χ4n) is 3.42. The third-order valence-electron chi connectivity index (χ3n) is 4.80. The number of fused-ring (bicyclic) bond motifs is 1. The van der Waals surface area contributed by atoms with Crippen molar-refractivity contribution in [2.24, 2.45) is 0 Å². The minimum absolute atomic E-state index is 0.430. The van der Waals surface area contributed by atoms with Crippen molar-refractivity contribution >= 4 is 11.3 Å². The molecule has 3 aromatic rings. The van der Waals surface area contributed by atoms with Crippen molar-refractivity contribution < 1.29 is 4.74 Å². The molecule has 3 heterocycles. The minimum Gasteiger partial charge on any atom is -0.494 e. The van der Waals surface area contributed by atoms with Crippen molar-refractivity contribution in [3.8, 4) is 16.3 Å². The molecule has 5 heteroatoms. The van der Waals surface area contributed by atoms with Crippen LogP contribution in [-0.2, 0) is 13.1 Å². The van der Waals surface area contributed by atoms with E-state index in [2.05, 4.69) is 52.2 Å². The second kappa shape index (κ2) is 7.02. The molecule has 0 N–H and O–H groups in total. The topological polar surface area (TPSA) is 30.3 Å². The van der Waals surface area contributed by atoms with Gasteiger partial charge in [-0.25, -0.2) is 4.98 Å². The van der Waals surface area contributed by atoms with Gasteiger partial charge in [-0.15, -0.1) is 11.3 Å². The van der Waals surface area contributed by atoms with Gasteiger partial charge in [0.15, 0.2) is 0 Å². The van der Waals surface area contributed by atoms with Crippen molar-refractivity contribution in [1.29, 1.82) is 0 Å².